The predicted octanol–water partition coefficient (Wildman–Crippen LogP) is 4.10. The first-order valence-corrected chi connectivity index (χ1v) is 8.87. The first-order valence-electron chi connectivity index (χ1n) is 7.61. The first kappa shape index (κ1) is 15.3. The number of hydrogen-bond donors (Lipinski definition) is 0. The Balaban J connectivity index is 1.43. The summed E-state index contributed by atoms with van der Waals surface area (Å²) in [5, 5.41) is 3.40. The zero-order valence-corrected chi connectivity index (χ0v) is 14.3. The second kappa shape index (κ2) is 6.34. The maximum absolute atomic E-state index is 12.5. The molecule has 3 heterocycles. The number of rotatable bonds is 3. The third-order valence-corrected chi connectivity index (χ3v) is 5.30. The summed E-state index contributed by atoms with van der Waals surface area (Å²) in [7, 11) is 0. The molecular formula is C18H14ClN3OS. The Morgan fingerprint density at radius 2 is 1.83 bits per heavy atom. The van der Waals surface area contributed by atoms with E-state index in [0.29, 0.717) is 11.6 Å². The lowest BCUT2D eigenvalue weighted by Crippen LogP contribution is -2.48. The molecule has 1 amide bonds. The van der Waals surface area contributed by atoms with Gasteiger partial charge in [-0.1, -0.05) is 23.7 Å². The van der Waals surface area contributed by atoms with E-state index in [-0.39, 0.29) is 5.91 Å². The minimum absolute atomic E-state index is 0.00299. The highest BCUT2D eigenvalue weighted by atomic mass is 35.5. The third kappa shape index (κ3) is 2.92. The molecule has 0 spiro atoms. The van der Waals surface area contributed by atoms with Crippen LogP contribution in [-0.4, -0.2) is 33.9 Å². The van der Waals surface area contributed by atoms with Crippen molar-refractivity contribution in [3.05, 3.63) is 70.5 Å². The highest BCUT2D eigenvalue weighted by molar-refractivity contribution is 7.13. The number of pyridine rings is 1. The molecule has 1 saturated heterocycles. The summed E-state index contributed by atoms with van der Waals surface area (Å²) in [5.41, 5.74) is 2.72. The summed E-state index contributed by atoms with van der Waals surface area (Å²) >= 11 is 7.39. The number of aromatic nitrogens is 2. The highest BCUT2D eigenvalue weighted by Crippen LogP contribution is 2.30. The zero-order chi connectivity index (χ0) is 16.5. The van der Waals surface area contributed by atoms with Gasteiger partial charge < -0.3 is 4.90 Å². The van der Waals surface area contributed by atoms with E-state index in [2.05, 4.69) is 9.97 Å². The second-order valence-corrected chi connectivity index (χ2v) is 7.03. The number of amides is 1. The molecule has 2 aromatic heterocycles. The Morgan fingerprint density at radius 3 is 2.54 bits per heavy atom. The van der Waals surface area contributed by atoms with Crippen LogP contribution in [0, 0.1) is 0 Å². The number of benzene rings is 1. The van der Waals surface area contributed by atoms with Crippen LogP contribution < -0.4 is 0 Å². The van der Waals surface area contributed by atoms with Gasteiger partial charge in [0.1, 0.15) is 10.7 Å². The van der Waals surface area contributed by atoms with Crippen molar-refractivity contribution < 1.29 is 4.79 Å². The van der Waals surface area contributed by atoms with Gasteiger partial charge in [0.25, 0.3) is 5.91 Å². The minimum atomic E-state index is -0.00299. The molecule has 3 aromatic rings. The fourth-order valence-electron chi connectivity index (χ4n) is 2.75. The Kier molecular flexibility index (Phi) is 4.04. The van der Waals surface area contributed by atoms with Gasteiger partial charge in [-0.05, 0) is 29.8 Å². The molecule has 6 heteroatoms. The van der Waals surface area contributed by atoms with Gasteiger partial charge in [0, 0.05) is 47.4 Å². The van der Waals surface area contributed by atoms with Crippen LogP contribution >= 0.6 is 22.9 Å². The van der Waals surface area contributed by atoms with Crippen LogP contribution in [0.4, 0.5) is 0 Å². The second-order valence-electron chi connectivity index (χ2n) is 5.73. The molecule has 0 unspecified atom stereocenters. The van der Waals surface area contributed by atoms with E-state index in [1.54, 1.807) is 12.4 Å². The number of carbonyl (C=O) groups is 1. The molecule has 1 aliphatic heterocycles. The maximum atomic E-state index is 12.5. The fourth-order valence-corrected chi connectivity index (χ4v) is 3.68. The van der Waals surface area contributed by atoms with Crippen molar-refractivity contribution in [2.24, 2.45) is 0 Å². The third-order valence-electron chi connectivity index (χ3n) is 4.16. The molecule has 1 fully saturated rings. The molecule has 4 nitrogen and oxygen atoms in total. The number of halogens is 1. The number of hydrogen-bond acceptors (Lipinski definition) is 4. The van der Waals surface area contributed by atoms with E-state index in [1.165, 1.54) is 16.9 Å². The van der Waals surface area contributed by atoms with E-state index in [1.807, 2.05) is 46.7 Å². The van der Waals surface area contributed by atoms with Crippen LogP contribution in [0.5, 0.6) is 0 Å². The Morgan fingerprint density at radius 1 is 1.12 bits per heavy atom. The maximum Gasteiger partial charge on any atom is 0.273 e. The molecule has 1 aromatic carbocycles. The van der Waals surface area contributed by atoms with E-state index in [4.69, 9.17) is 11.6 Å². The molecular weight excluding hydrogens is 342 g/mol. The topological polar surface area (TPSA) is 46.1 Å². The summed E-state index contributed by atoms with van der Waals surface area (Å²) in [5.74, 6) is 0.376. The number of likely N-dealkylation sites (tertiary alicyclic amines) is 1. The van der Waals surface area contributed by atoms with Crippen molar-refractivity contribution in [3.8, 4) is 10.6 Å². The summed E-state index contributed by atoms with van der Waals surface area (Å²) < 4.78 is 0. The molecule has 0 bridgehead atoms. The zero-order valence-electron chi connectivity index (χ0n) is 12.7. The van der Waals surface area contributed by atoms with E-state index in [9.17, 15) is 4.79 Å². The van der Waals surface area contributed by atoms with E-state index < -0.39 is 0 Å². The predicted molar refractivity (Wildman–Crippen MR) is 95.4 cm³/mol. The SMILES string of the molecule is O=C(c1csc(-c2ccncc2)n1)N1CC(c2ccc(Cl)cc2)C1. The van der Waals surface area contributed by atoms with Gasteiger partial charge in [-0.25, -0.2) is 4.98 Å². The van der Waals surface area contributed by atoms with Crippen molar-refractivity contribution in [2.75, 3.05) is 13.1 Å². The fraction of sp³-hybridized carbons (Fsp3) is 0.167. The average molecular weight is 356 g/mol. The smallest absolute Gasteiger partial charge is 0.273 e. The minimum Gasteiger partial charge on any atom is -0.336 e. The molecule has 0 aliphatic carbocycles. The van der Waals surface area contributed by atoms with Gasteiger partial charge in [-0.15, -0.1) is 11.3 Å². The highest BCUT2D eigenvalue weighted by Gasteiger charge is 2.33. The summed E-state index contributed by atoms with van der Waals surface area (Å²) in [6.45, 7) is 1.45. The Labute approximate surface area is 148 Å². The van der Waals surface area contributed by atoms with Crippen molar-refractivity contribution in [1.29, 1.82) is 0 Å². The van der Waals surface area contributed by atoms with Gasteiger partial charge in [0.2, 0.25) is 0 Å². The summed E-state index contributed by atoms with van der Waals surface area (Å²) in [6, 6.07) is 11.6. The summed E-state index contributed by atoms with van der Waals surface area (Å²) in [6.07, 6.45) is 3.45. The number of thiazole rings is 1. The molecule has 1 aliphatic rings. The van der Waals surface area contributed by atoms with E-state index >= 15 is 0 Å². The van der Waals surface area contributed by atoms with Crippen LogP contribution in [0.1, 0.15) is 22.0 Å². The van der Waals surface area contributed by atoms with Gasteiger partial charge in [0.05, 0.1) is 0 Å². The van der Waals surface area contributed by atoms with Crippen LogP contribution in [0.3, 0.4) is 0 Å². The summed E-state index contributed by atoms with van der Waals surface area (Å²) in [4.78, 5) is 22.9. The monoisotopic (exact) mass is 355 g/mol. The molecule has 120 valence electrons. The van der Waals surface area contributed by atoms with Gasteiger partial charge in [-0.3, -0.25) is 9.78 Å². The largest absolute Gasteiger partial charge is 0.336 e. The van der Waals surface area contributed by atoms with Crippen molar-refractivity contribution in [3.63, 3.8) is 0 Å². The lowest BCUT2D eigenvalue weighted by molar-refractivity contribution is 0.0597. The van der Waals surface area contributed by atoms with Crippen molar-refractivity contribution >= 4 is 28.8 Å². The molecule has 0 N–H and O–H groups in total. The van der Waals surface area contributed by atoms with Crippen molar-refractivity contribution in [1.82, 2.24) is 14.9 Å². The van der Waals surface area contributed by atoms with E-state index in [0.717, 1.165) is 28.7 Å². The first-order chi connectivity index (χ1) is 11.7. The normalized spacial score (nSPS) is 14.5. The molecule has 0 radical (unpaired) electrons. The number of nitrogens with zero attached hydrogens (tertiary/aromatic N) is 3. The number of carbonyl (C=O) groups excluding carboxylic acids is 1. The van der Waals surface area contributed by atoms with Crippen LogP contribution in [0.2, 0.25) is 5.02 Å². The average Bonchev–Trinajstić information content (AvgIpc) is 3.06. The van der Waals surface area contributed by atoms with Crippen molar-refractivity contribution in [2.45, 2.75) is 5.92 Å². The lowest BCUT2D eigenvalue weighted by Gasteiger charge is -2.39. The van der Waals surface area contributed by atoms with Crippen LogP contribution in [-0.2, 0) is 0 Å². The quantitative estimate of drug-likeness (QED) is 0.710. The molecule has 0 atom stereocenters. The standard InChI is InChI=1S/C18H14ClN3OS/c19-15-3-1-12(2-4-15)14-9-22(10-14)18(23)16-11-24-17(21-16)13-5-7-20-8-6-13/h1-8,11,14H,9-10H2. The van der Waals surface area contributed by atoms with Gasteiger partial charge in [0.15, 0.2) is 0 Å². The molecule has 24 heavy (non-hydrogen) atoms. The lowest BCUT2D eigenvalue weighted by atomic mass is 9.91. The van der Waals surface area contributed by atoms with Gasteiger partial charge >= 0.3 is 0 Å². The van der Waals surface area contributed by atoms with Crippen LogP contribution in [0.25, 0.3) is 10.6 Å². The molecule has 0 saturated carbocycles. The van der Waals surface area contributed by atoms with Gasteiger partial charge in [-0.2, -0.15) is 0 Å². The van der Waals surface area contributed by atoms with Crippen LogP contribution in [0.15, 0.2) is 54.2 Å². The Hall–Kier alpha value is -2.24. The molecule has 4 rings (SSSR count). The Bertz CT molecular complexity index is 857.